The van der Waals surface area contributed by atoms with Crippen molar-refractivity contribution in [3.05, 3.63) is 134 Å². The minimum absolute atomic E-state index is 0.177. The van der Waals surface area contributed by atoms with E-state index in [2.05, 4.69) is 148 Å². The summed E-state index contributed by atoms with van der Waals surface area (Å²) in [7, 11) is 5.97. The van der Waals surface area contributed by atoms with E-state index in [1.54, 1.807) is 0 Å². The molecule has 2 unspecified atom stereocenters. The predicted molar refractivity (Wildman–Crippen MR) is 410 cm³/mol. The Kier molecular flexibility index (Phi) is 71.6. The quantitative estimate of drug-likeness (QED) is 0.0211. The summed E-state index contributed by atoms with van der Waals surface area (Å²) in [5, 5.41) is 9.77. The molecular formula is C86H148NO8+. The first-order chi connectivity index (χ1) is 46.6. The van der Waals surface area contributed by atoms with Crippen LogP contribution in [-0.4, -0.2) is 87.4 Å². The molecule has 9 nitrogen and oxygen atoms in total. The van der Waals surface area contributed by atoms with Gasteiger partial charge in [0, 0.05) is 12.8 Å². The molecule has 0 heterocycles. The molecule has 0 aliphatic carbocycles. The van der Waals surface area contributed by atoms with Crippen molar-refractivity contribution in [1.82, 2.24) is 0 Å². The molecule has 95 heavy (non-hydrogen) atoms. The van der Waals surface area contributed by atoms with Crippen molar-refractivity contribution in [2.45, 2.75) is 347 Å². The number of quaternary nitrogens is 1. The molecule has 544 valence electrons. The second-order valence-corrected chi connectivity index (χ2v) is 27.3. The first-order valence-electron chi connectivity index (χ1n) is 39.3. The smallest absolute Gasteiger partial charge is 0.361 e. The monoisotopic (exact) mass is 1320 g/mol. The van der Waals surface area contributed by atoms with Gasteiger partial charge in [-0.25, -0.2) is 4.79 Å². The van der Waals surface area contributed by atoms with E-state index >= 15 is 0 Å². The number of unbranched alkanes of at least 4 members (excludes halogenated alkanes) is 35. The summed E-state index contributed by atoms with van der Waals surface area (Å²) >= 11 is 0. The number of hydrogen-bond acceptors (Lipinski definition) is 7. The molecule has 0 aliphatic heterocycles. The molecule has 2 atom stereocenters. The van der Waals surface area contributed by atoms with Gasteiger partial charge in [-0.3, -0.25) is 9.59 Å². The largest absolute Gasteiger partial charge is 0.477 e. The van der Waals surface area contributed by atoms with Crippen molar-refractivity contribution < 1.29 is 42.9 Å². The van der Waals surface area contributed by atoms with Crippen molar-refractivity contribution in [3.63, 3.8) is 0 Å². The van der Waals surface area contributed by atoms with Crippen LogP contribution in [0.1, 0.15) is 335 Å². The number of rotatable bonds is 72. The van der Waals surface area contributed by atoms with Gasteiger partial charge in [0.15, 0.2) is 6.10 Å². The average molecular weight is 1320 g/mol. The normalized spacial score (nSPS) is 13.4. The maximum Gasteiger partial charge on any atom is 0.361 e. The SMILES string of the molecule is CC/C=C\C/C=C\C/C=C\C/C=C\C/C=C\C/C=C\C/C=C\C/C=C\C/C=C\C/C=C\CCCCCCC(=O)OC(COC(=O)CCCCCCCCCCCCCCCCCCCCCCCCC/C=C\CCCCCCCCCC)COC(OCC[N+](C)(C)C)C(=O)O. The molecule has 0 aromatic heterocycles. The van der Waals surface area contributed by atoms with E-state index in [9.17, 15) is 19.5 Å². The van der Waals surface area contributed by atoms with Crippen LogP contribution in [0, 0.1) is 0 Å². The number of carboxylic acid groups (broad SMARTS) is 1. The third kappa shape index (κ3) is 76.7. The molecule has 1 N–H and O–H groups in total. The fraction of sp³-hybridized carbons (Fsp3) is 0.709. The Hall–Kier alpha value is -4.57. The van der Waals surface area contributed by atoms with Crippen LogP contribution in [0.15, 0.2) is 134 Å². The number of carbonyl (C=O) groups is 3. The van der Waals surface area contributed by atoms with E-state index in [4.69, 9.17) is 18.9 Å². The molecule has 0 aliphatic rings. The number of nitrogens with zero attached hydrogens (tertiary/aromatic N) is 1. The Labute approximate surface area is 586 Å². The van der Waals surface area contributed by atoms with Gasteiger partial charge in [0.05, 0.1) is 34.4 Å². The first-order valence-corrected chi connectivity index (χ1v) is 39.3. The maximum absolute atomic E-state index is 13.0. The van der Waals surface area contributed by atoms with E-state index in [0.717, 1.165) is 109 Å². The van der Waals surface area contributed by atoms with E-state index < -0.39 is 24.3 Å². The highest BCUT2D eigenvalue weighted by atomic mass is 16.7. The number of allylic oxidation sites excluding steroid dienone is 22. The maximum atomic E-state index is 13.0. The highest BCUT2D eigenvalue weighted by Gasteiger charge is 2.25. The van der Waals surface area contributed by atoms with Crippen molar-refractivity contribution in [1.29, 1.82) is 0 Å². The van der Waals surface area contributed by atoms with Crippen LogP contribution in [0.3, 0.4) is 0 Å². The molecule has 0 saturated carbocycles. The number of likely N-dealkylation sites (N-methyl/N-ethyl adjacent to an activating group) is 1. The molecule has 0 saturated heterocycles. The number of carbonyl (C=O) groups excluding carboxylic acids is 2. The van der Waals surface area contributed by atoms with Gasteiger partial charge in [-0.2, -0.15) is 0 Å². The van der Waals surface area contributed by atoms with Crippen molar-refractivity contribution >= 4 is 17.9 Å². The average Bonchev–Trinajstić information content (AvgIpc) is 3.58. The van der Waals surface area contributed by atoms with Crippen LogP contribution in [0.2, 0.25) is 0 Å². The Morgan fingerprint density at radius 3 is 0.905 bits per heavy atom. The summed E-state index contributed by atoms with van der Waals surface area (Å²) in [5.41, 5.74) is 0. The number of esters is 2. The summed E-state index contributed by atoms with van der Waals surface area (Å²) < 4.78 is 23.0. The fourth-order valence-electron chi connectivity index (χ4n) is 10.9. The Morgan fingerprint density at radius 1 is 0.326 bits per heavy atom. The lowest BCUT2D eigenvalue weighted by Crippen LogP contribution is -2.40. The minimum atomic E-state index is -1.53. The summed E-state index contributed by atoms with van der Waals surface area (Å²) in [6, 6.07) is 0. The summed E-state index contributed by atoms with van der Waals surface area (Å²) in [5.74, 6) is -2.04. The van der Waals surface area contributed by atoms with Crippen LogP contribution >= 0.6 is 0 Å². The van der Waals surface area contributed by atoms with E-state index in [1.165, 1.54) is 193 Å². The van der Waals surface area contributed by atoms with Gasteiger partial charge in [-0.15, -0.1) is 0 Å². The van der Waals surface area contributed by atoms with E-state index in [1.807, 2.05) is 21.1 Å². The highest BCUT2D eigenvalue weighted by Crippen LogP contribution is 2.18. The molecule has 0 radical (unpaired) electrons. The zero-order valence-electron chi connectivity index (χ0n) is 62.3. The van der Waals surface area contributed by atoms with E-state index in [-0.39, 0.29) is 32.2 Å². The molecule has 0 aromatic carbocycles. The highest BCUT2D eigenvalue weighted by molar-refractivity contribution is 5.71. The lowest BCUT2D eigenvalue weighted by Gasteiger charge is -2.25. The number of ether oxygens (including phenoxy) is 4. The fourth-order valence-corrected chi connectivity index (χ4v) is 10.9. The summed E-state index contributed by atoms with van der Waals surface area (Å²) in [4.78, 5) is 37.7. The molecular weight excluding hydrogens is 1170 g/mol. The van der Waals surface area contributed by atoms with Gasteiger partial charge in [0.25, 0.3) is 6.29 Å². The second-order valence-electron chi connectivity index (χ2n) is 27.3. The van der Waals surface area contributed by atoms with Crippen LogP contribution in [0.4, 0.5) is 0 Å². The number of hydrogen-bond donors (Lipinski definition) is 1. The van der Waals surface area contributed by atoms with Gasteiger partial charge in [-0.05, 0) is 116 Å². The second kappa shape index (κ2) is 75.2. The first kappa shape index (κ1) is 90.4. The lowest BCUT2D eigenvalue weighted by molar-refractivity contribution is -0.870. The number of carboxylic acids is 1. The van der Waals surface area contributed by atoms with Crippen LogP contribution in [-0.2, 0) is 33.3 Å². The van der Waals surface area contributed by atoms with Gasteiger partial charge < -0.3 is 28.5 Å². The standard InChI is InChI=1S/C86H147NO8/c1-6-8-10-12-14-16-18-20-22-24-26-28-30-32-34-36-38-40-42-44-46-48-50-52-54-56-58-60-62-64-66-68-70-72-74-76-83(88)93-80-82(81-94-86(85(90)91)92-79-78-87(3,4)5)95-84(89)77-75-73-71-69-67-65-63-61-59-57-55-53-51-49-47-45-43-41-39-37-35-33-31-29-27-25-23-21-19-17-15-13-11-9-7-2/h9,11,15,17,21,23-24,26-27,29,33,35,39,41,45,47,51,53,57,59,63,65,82,86H,6-8,10,12-14,16,18-20,22,25,28,30-32,34,36-38,40,42-44,46,48-50,52,54-56,58,60-62,64,66-81H2,1-5H3/p+1/b11-9-,17-15-,23-21-,26-24-,29-27-,35-33-,41-39-,47-45-,53-51-,59-57-,65-63-. The van der Waals surface area contributed by atoms with Crippen LogP contribution in [0.5, 0.6) is 0 Å². The zero-order valence-corrected chi connectivity index (χ0v) is 62.3. The molecule has 0 aromatic rings. The van der Waals surface area contributed by atoms with Gasteiger partial charge in [-0.1, -0.05) is 340 Å². The van der Waals surface area contributed by atoms with Gasteiger partial charge in [0.2, 0.25) is 0 Å². The lowest BCUT2D eigenvalue weighted by atomic mass is 10.0. The van der Waals surface area contributed by atoms with Gasteiger partial charge >= 0.3 is 17.9 Å². The van der Waals surface area contributed by atoms with Gasteiger partial charge in [0.1, 0.15) is 13.2 Å². The zero-order chi connectivity index (χ0) is 69.0. The van der Waals surface area contributed by atoms with Crippen molar-refractivity contribution in [2.24, 2.45) is 0 Å². The van der Waals surface area contributed by atoms with Crippen molar-refractivity contribution in [3.8, 4) is 0 Å². The van der Waals surface area contributed by atoms with Crippen LogP contribution in [0.25, 0.3) is 0 Å². The Balaban J connectivity index is 4.12. The third-order valence-corrected chi connectivity index (χ3v) is 16.9. The summed E-state index contributed by atoms with van der Waals surface area (Å²) in [6.07, 6.45) is 106. The number of aliphatic carboxylic acids is 1. The Bertz CT molecular complexity index is 2030. The molecule has 0 spiro atoms. The Morgan fingerprint density at radius 2 is 0.600 bits per heavy atom. The molecule has 0 amide bonds. The van der Waals surface area contributed by atoms with Crippen LogP contribution < -0.4 is 0 Å². The predicted octanol–water partition coefficient (Wildman–Crippen LogP) is 25.3. The molecule has 0 fully saturated rings. The van der Waals surface area contributed by atoms with Crippen molar-refractivity contribution in [2.75, 3.05) is 47.5 Å². The van der Waals surface area contributed by atoms with E-state index in [0.29, 0.717) is 23.9 Å². The topological polar surface area (TPSA) is 108 Å². The molecule has 9 heteroatoms. The minimum Gasteiger partial charge on any atom is -0.477 e. The third-order valence-electron chi connectivity index (χ3n) is 16.9. The summed E-state index contributed by atoms with van der Waals surface area (Å²) in [6.45, 7) is 4.76. The molecule has 0 rings (SSSR count). The molecule has 0 bridgehead atoms.